The third kappa shape index (κ3) is 1.75. The van der Waals surface area contributed by atoms with Crippen molar-refractivity contribution >= 4 is 0 Å². The minimum atomic E-state index is -2.26. The van der Waals surface area contributed by atoms with Crippen LogP contribution in [0.5, 0.6) is 0 Å². The van der Waals surface area contributed by atoms with Crippen molar-refractivity contribution in [3.05, 3.63) is 0 Å². The van der Waals surface area contributed by atoms with E-state index < -0.39 is 36.9 Å². The smallest absolute Gasteiger partial charge is 0.187 e. The standard InChI is InChI=1S/C7H15NO6/c1-13-6-5(11)7(8,12)4(10)3(2-9)14-6/h3-6,9-12H,2,8H2,1H3/t3-,4-,5-,6+,7+/m1/s1. The van der Waals surface area contributed by atoms with Gasteiger partial charge in [0.15, 0.2) is 12.0 Å². The number of nitrogens with two attached hydrogens (primary N) is 1. The highest BCUT2D eigenvalue weighted by molar-refractivity contribution is 4.97. The summed E-state index contributed by atoms with van der Waals surface area (Å²) in [4.78, 5) is 0. The Hall–Kier alpha value is -0.280. The number of hydrogen-bond donors (Lipinski definition) is 5. The fourth-order valence-electron chi connectivity index (χ4n) is 1.34. The lowest BCUT2D eigenvalue weighted by Gasteiger charge is -2.45. The maximum Gasteiger partial charge on any atom is 0.187 e. The minimum absolute atomic E-state index is 0.534. The van der Waals surface area contributed by atoms with Gasteiger partial charge in [-0.15, -0.1) is 0 Å². The summed E-state index contributed by atoms with van der Waals surface area (Å²) >= 11 is 0. The predicted molar refractivity (Wildman–Crippen MR) is 43.9 cm³/mol. The van der Waals surface area contributed by atoms with Crippen LogP contribution in [0.3, 0.4) is 0 Å². The summed E-state index contributed by atoms with van der Waals surface area (Å²) in [5.74, 6) is 0. The average Bonchev–Trinajstić information content (AvgIpc) is 2.16. The highest BCUT2D eigenvalue weighted by Crippen LogP contribution is 2.26. The summed E-state index contributed by atoms with van der Waals surface area (Å²) < 4.78 is 9.62. The first kappa shape index (κ1) is 11.8. The topological polar surface area (TPSA) is 125 Å². The van der Waals surface area contributed by atoms with Crippen LogP contribution in [-0.2, 0) is 9.47 Å². The molecule has 7 nitrogen and oxygen atoms in total. The molecule has 0 aromatic carbocycles. The van der Waals surface area contributed by atoms with Crippen LogP contribution in [0.25, 0.3) is 0 Å². The first-order valence-corrected chi connectivity index (χ1v) is 4.11. The van der Waals surface area contributed by atoms with Gasteiger partial charge in [-0.05, 0) is 0 Å². The van der Waals surface area contributed by atoms with Crippen LogP contribution in [0, 0.1) is 0 Å². The second-order valence-electron chi connectivity index (χ2n) is 3.24. The Balaban J connectivity index is 2.84. The van der Waals surface area contributed by atoms with Gasteiger partial charge in [0.25, 0.3) is 0 Å². The summed E-state index contributed by atoms with van der Waals surface area (Å²) in [6.07, 6.45) is -5.41. The van der Waals surface area contributed by atoms with Crippen molar-refractivity contribution in [2.45, 2.75) is 30.3 Å². The van der Waals surface area contributed by atoms with Crippen LogP contribution < -0.4 is 5.73 Å². The van der Waals surface area contributed by atoms with E-state index in [2.05, 4.69) is 4.74 Å². The molecule has 1 aliphatic rings. The Labute approximate surface area is 80.7 Å². The summed E-state index contributed by atoms with van der Waals surface area (Å²) in [7, 11) is 1.25. The van der Waals surface area contributed by atoms with Crippen LogP contribution in [0.1, 0.15) is 0 Å². The molecule has 0 bridgehead atoms. The summed E-state index contributed by atoms with van der Waals surface area (Å²) in [6, 6.07) is 0. The molecule has 1 rings (SSSR count). The van der Waals surface area contributed by atoms with E-state index in [1.807, 2.05) is 0 Å². The second-order valence-corrected chi connectivity index (χ2v) is 3.24. The molecule has 1 heterocycles. The van der Waals surface area contributed by atoms with Gasteiger partial charge in [-0.3, -0.25) is 5.73 Å². The van der Waals surface area contributed by atoms with Crippen molar-refractivity contribution in [3.63, 3.8) is 0 Å². The fourth-order valence-corrected chi connectivity index (χ4v) is 1.34. The molecule has 0 aromatic heterocycles. The van der Waals surface area contributed by atoms with Crippen molar-refractivity contribution in [2.75, 3.05) is 13.7 Å². The second kappa shape index (κ2) is 4.07. The Morgan fingerprint density at radius 2 is 2.00 bits per heavy atom. The van der Waals surface area contributed by atoms with Gasteiger partial charge in [-0.2, -0.15) is 0 Å². The number of hydrogen-bond acceptors (Lipinski definition) is 7. The molecule has 1 aliphatic heterocycles. The molecular weight excluding hydrogens is 194 g/mol. The van der Waals surface area contributed by atoms with E-state index >= 15 is 0 Å². The molecule has 0 amide bonds. The van der Waals surface area contributed by atoms with Gasteiger partial charge in [-0.25, -0.2) is 0 Å². The zero-order chi connectivity index (χ0) is 10.9. The Morgan fingerprint density at radius 1 is 1.43 bits per heavy atom. The van der Waals surface area contributed by atoms with Crippen LogP contribution in [0.2, 0.25) is 0 Å². The van der Waals surface area contributed by atoms with Crippen LogP contribution in [0.15, 0.2) is 0 Å². The maximum absolute atomic E-state index is 9.52. The lowest BCUT2D eigenvalue weighted by atomic mass is 9.93. The van der Waals surface area contributed by atoms with Crippen LogP contribution >= 0.6 is 0 Å². The van der Waals surface area contributed by atoms with Crippen molar-refractivity contribution in [3.8, 4) is 0 Å². The van der Waals surface area contributed by atoms with E-state index in [1.54, 1.807) is 0 Å². The Kier molecular flexibility index (Phi) is 3.43. The van der Waals surface area contributed by atoms with Crippen LogP contribution in [-0.4, -0.2) is 64.5 Å². The molecule has 7 heteroatoms. The molecular formula is C7H15NO6. The third-order valence-corrected chi connectivity index (χ3v) is 2.28. The minimum Gasteiger partial charge on any atom is -0.394 e. The number of aliphatic hydroxyl groups excluding tert-OH is 3. The fraction of sp³-hybridized carbons (Fsp3) is 1.00. The quantitative estimate of drug-likeness (QED) is 0.302. The molecule has 1 fully saturated rings. The molecule has 84 valence electrons. The number of methoxy groups -OCH3 is 1. The van der Waals surface area contributed by atoms with E-state index in [-0.39, 0.29) is 0 Å². The molecule has 0 saturated carbocycles. The molecule has 6 N–H and O–H groups in total. The average molecular weight is 209 g/mol. The number of ether oxygens (including phenoxy) is 2. The van der Waals surface area contributed by atoms with Crippen molar-refractivity contribution in [2.24, 2.45) is 5.73 Å². The molecule has 1 saturated heterocycles. The first-order chi connectivity index (χ1) is 6.45. The molecule has 0 aromatic rings. The highest BCUT2D eigenvalue weighted by atomic mass is 16.7. The molecule has 0 spiro atoms. The molecule has 14 heavy (non-hydrogen) atoms. The summed E-state index contributed by atoms with van der Waals surface area (Å²) in [6.45, 7) is -0.534. The summed E-state index contributed by atoms with van der Waals surface area (Å²) in [5.41, 5.74) is 3.02. The number of aliphatic hydroxyl groups is 4. The Bertz CT molecular complexity index is 181. The van der Waals surface area contributed by atoms with Gasteiger partial charge in [-0.1, -0.05) is 0 Å². The van der Waals surface area contributed by atoms with Gasteiger partial charge in [0, 0.05) is 7.11 Å². The molecule has 0 unspecified atom stereocenters. The van der Waals surface area contributed by atoms with Gasteiger partial charge in [0.2, 0.25) is 0 Å². The normalized spacial score (nSPS) is 49.3. The van der Waals surface area contributed by atoms with Gasteiger partial charge >= 0.3 is 0 Å². The van der Waals surface area contributed by atoms with Crippen molar-refractivity contribution < 1.29 is 29.9 Å². The van der Waals surface area contributed by atoms with E-state index in [0.29, 0.717) is 0 Å². The lowest BCUT2D eigenvalue weighted by Crippen LogP contribution is -2.71. The van der Waals surface area contributed by atoms with Crippen LogP contribution in [0.4, 0.5) is 0 Å². The van der Waals surface area contributed by atoms with E-state index in [9.17, 15) is 15.3 Å². The zero-order valence-electron chi connectivity index (χ0n) is 7.70. The lowest BCUT2D eigenvalue weighted by molar-refractivity contribution is -0.326. The first-order valence-electron chi connectivity index (χ1n) is 4.11. The summed E-state index contributed by atoms with van der Waals surface area (Å²) in [5, 5.41) is 37.1. The van der Waals surface area contributed by atoms with E-state index in [0.717, 1.165) is 0 Å². The van der Waals surface area contributed by atoms with Gasteiger partial charge < -0.3 is 29.9 Å². The largest absolute Gasteiger partial charge is 0.394 e. The van der Waals surface area contributed by atoms with Crippen molar-refractivity contribution in [1.29, 1.82) is 0 Å². The van der Waals surface area contributed by atoms with Gasteiger partial charge in [0.1, 0.15) is 18.3 Å². The molecule has 0 aliphatic carbocycles. The third-order valence-electron chi connectivity index (χ3n) is 2.28. The number of rotatable bonds is 2. The monoisotopic (exact) mass is 209 g/mol. The zero-order valence-corrected chi connectivity index (χ0v) is 7.70. The molecule has 0 radical (unpaired) electrons. The van der Waals surface area contributed by atoms with Gasteiger partial charge in [0.05, 0.1) is 6.61 Å². The predicted octanol–water partition coefficient (Wildman–Crippen LogP) is -3.28. The van der Waals surface area contributed by atoms with Crippen molar-refractivity contribution in [1.82, 2.24) is 0 Å². The highest BCUT2D eigenvalue weighted by Gasteiger charge is 2.52. The van der Waals surface area contributed by atoms with E-state index in [4.69, 9.17) is 15.6 Å². The SMILES string of the molecule is CO[C@H]1O[C@H](CO)[C@@H](O)[C@](N)(O)[C@@H]1O. The maximum atomic E-state index is 9.52. The van der Waals surface area contributed by atoms with E-state index in [1.165, 1.54) is 7.11 Å². The molecule has 5 atom stereocenters. The Morgan fingerprint density at radius 3 is 2.43 bits per heavy atom.